The molecule has 2 heterocycles. The molecule has 0 saturated carbocycles. The number of aliphatic carboxylic acids is 2. The number of anilines is 1. The van der Waals surface area contributed by atoms with Crippen molar-refractivity contribution in [3.8, 4) is 5.75 Å². The van der Waals surface area contributed by atoms with Crippen molar-refractivity contribution in [3.05, 3.63) is 71.3 Å². The lowest BCUT2D eigenvalue weighted by Crippen LogP contribution is -2.28. The molecule has 8 heteroatoms. The number of methoxy groups -OCH3 is 1. The van der Waals surface area contributed by atoms with Gasteiger partial charge in [-0.15, -0.1) is 0 Å². The third-order valence-electron chi connectivity index (χ3n) is 5.63. The molecule has 0 saturated heterocycles. The molecule has 0 spiro atoms. The van der Waals surface area contributed by atoms with Crippen LogP contribution >= 0.6 is 0 Å². The number of para-hydroxylation sites is 1. The van der Waals surface area contributed by atoms with Crippen molar-refractivity contribution in [3.63, 3.8) is 0 Å². The average Bonchev–Trinajstić information content (AvgIpc) is 2.85. The van der Waals surface area contributed by atoms with E-state index in [0.29, 0.717) is 6.42 Å². The van der Waals surface area contributed by atoms with Gasteiger partial charge in [0.1, 0.15) is 5.75 Å². The minimum atomic E-state index is -1.82. The zero-order valence-corrected chi connectivity index (χ0v) is 19.0. The van der Waals surface area contributed by atoms with Crippen LogP contribution in [0.3, 0.4) is 0 Å². The fraction of sp³-hybridized carbons (Fsp3) is 0.269. The van der Waals surface area contributed by atoms with Gasteiger partial charge in [0, 0.05) is 37.3 Å². The first kappa shape index (κ1) is 24.7. The summed E-state index contributed by atoms with van der Waals surface area (Å²) in [6.07, 6.45) is 9.16. The van der Waals surface area contributed by atoms with E-state index in [2.05, 4.69) is 52.7 Å². The van der Waals surface area contributed by atoms with Crippen LogP contribution in [0, 0.1) is 0 Å². The molecule has 1 amide bonds. The van der Waals surface area contributed by atoms with E-state index in [0.717, 1.165) is 43.9 Å². The summed E-state index contributed by atoms with van der Waals surface area (Å²) in [6, 6.07) is 14.5. The summed E-state index contributed by atoms with van der Waals surface area (Å²) < 4.78 is 5.50. The van der Waals surface area contributed by atoms with E-state index >= 15 is 0 Å². The number of hydrogen-bond donors (Lipinski definition) is 3. The number of carboxylic acids is 2. The van der Waals surface area contributed by atoms with Crippen LogP contribution in [-0.4, -0.2) is 59.7 Å². The van der Waals surface area contributed by atoms with Crippen LogP contribution in [0.15, 0.2) is 54.6 Å². The Morgan fingerprint density at radius 1 is 1.09 bits per heavy atom. The first-order valence-corrected chi connectivity index (χ1v) is 11.0. The number of benzene rings is 2. The molecule has 4 rings (SSSR count). The van der Waals surface area contributed by atoms with Crippen molar-refractivity contribution < 1.29 is 29.3 Å². The molecule has 8 nitrogen and oxygen atoms in total. The lowest BCUT2D eigenvalue weighted by Gasteiger charge is -2.26. The largest absolute Gasteiger partial charge is 0.496 e. The molecule has 0 atom stereocenters. The van der Waals surface area contributed by atoms with E-state index < -0.39 is 11.9 Å². The molecular weight excluding hydrogens is 436 g/mol. The van der Waals surface area contributed by atoms with Gasteiger partial charge in [0.05, 0.1) is 7.11 Å². The molecule has 0 aromatic heterocycles. The van der Waals surface area contributed by atoms with Gasteiger partial charge in [0.2, 0.25) is 5.91 Å². The quantitative estimate of drug-likeness (QED) is 0.580. The minimum Gasteiger partial charge on any atom is -0.496 e. The van der Waals surface area contributed by atoms with Gasteiger partial charge in [-0.25, -0.2) is 9.59 Å². The topological polar surface area (TPSA) is 116 Å². The summed E-state index contributed by atoms with van der Waals surface area (Å²) in [5, 5.41) is 17.7. The van der Waals surface area contributed by atoms with E-state index in [-0.39, 0.29) is 5.91 Å². The number of hydrogen-bond acceptors (Lipinski definition) is 5. The average molecular weight is 465 g/mol. The zero-order chi connectivity index (χ0) is 24.5. The molecule has 2 aromatic rings. The fourth-order valence-electron chi connectivity index (χ4n) is 3.88. The van der Waals surface area contributed by atoms with Crippen LogP contribution in [-0.2, 0) is 20.8 Å². The van der Waals surface area contributed by atoms with Crippen LogP contribution in [0.2, 0.25) is 0 Å². The van der Waals surface area contributed by atoms with E-state index in [9.17, 15) is 4.79 Å². The molecule has 0 radical (unpaired) electrons. The van der Waals surface area contributed by atoms with Gasteiger partial charge >= 0.3 is 11.9 Å². The molecule has 0 unspecified atom stereocenters. The molecule has 178 valence electrons. The highest BCUT2D eigenvalue weighted by Crippen LogP contribution is 2.30. The highest BCUT2D eigenvalue weighted by Gasteiger charge is 2.15. The minimum absolute atomic E-state index is 0.112. The second-order valence-electron chi connectivity index (χ2n) is 7.92. The maximum atomic E-state index is 11.5. The van der Waals surface area contributed by atoms with Gasteiger partial charge in [-0.1, -0.05) is 42.5 Å². The summed E-state index contributed by atoms with van der Waals surface area (Å²) in [4.78, 5) is 32.1. The Balaban J connectivity index is 0.000000481. The Morgan fingerprint density at radius 3 is 2.53 bits per heavy atom. The molecule has 3 N–H and O–H groups in total. The molecule has 2 aliphatic rings. The Labute approximate surface area is 198 Å². The second kappa shape index (κ2) is 11.8. The van der Waals surface area contributed by atoms with Gasteiger partial charge in [0.15, 0.2) is 0 Å². The molecule has 2 aliphatic heterocycles. The first-order chi connectivity index (χ1) is 16.4. The number of carbonyl (C=O) groups excluding carboxylic acids is 1. The number of aryl methyl sites for hydroxylation is 1. The van der Waals surface area contributed by atoms with E-state index in [1.807, 2.05) is 18.2 Å². The number of fused-ring (bicyclic) bond motifs is 1. The Hall–Kier alpha value is -3.91. The number of carbonyl (C=O) groups is 3. The molecule has 2 aromatic carbocycles. The lowest BCUT2D eigenvalue weighted by atomic mass is 9.98. The molecule has 0 fully saturated rings. The van der Waals surface area contributed by atoms with Gasteiger partial charge in [-0.05, 0) is 47.7 Å². The van der Waals surface area contributed by atoms with Gasteiger partial charge in [-0.3, -0.25) is 9.69 Å². The number of nitrogens with one attached hydrogen (secondary N) is 1. The fourth-order valence-corrected chi connectivity index (χ4v) is 3.88. The van der Waals surface area contributed by atoms with Crippen LogP contribution < -0.4 is 10.1 Å². The highest BCUT2D eigenvalue weighted by molar-refractivity contribution is 6.27. The van der Waals surface area contributed by atoms with Crippen molar-refractivity contribution >= 4 is 35.2 Å². The van der Waals surface area contributed by atoms with E-state index in [1.165, 1.54) is 22.3 Å². The number of ether oxygens (including phenoxy) is 1. The number of amides is 1. The normalized spacial score (nSPS) is 15.4. The first-order valence-electron chi connectivity index (χ1n) is 11.0. The summed E-state index contributed by atoms with van der Waals surface area (Å²) in [7, 11) is 1.73. The summed E-state index contributed by atoms with van der Waals surface area (Å²) in [5.41, 5.74) is 5.95. The molecule has 0 aliphatic carbocycles. The summed E-state index contributed by atoms with van der Waals surface area (Å²) >= 11 is 0. The van der Waals surface area contributed by atoms with Gasteiger partial charge in [0.25, 0.3) is 0 Å². The van der Waals surface area contributed by atoms with Crippen molar-refractivity contribution in [2.24, 2.45) is 0 Å². The standard InChI is InChI=1S/C24H26N2O2.C2H2O4/c1-28-23-7-3-2-6-21(23)19-12-15-26(16-13-19)14-4-5-18-8-10-22-20(17-18)9-11-24(27)25-22;3-1(4)2(5)6/h2-8,10,12,17H,9,11,13-16H2,1H3,(H,25,27);(H,3,4)(H,5,6)/b5-4+;. The smallest absolute Gasteiger partial charge is 0.414 e. The van der Waals surface area contributed by atoms with Crippen molar-refractivity contribution in [2.45, 2.75) is 19.3 Å². The SMILES string of the molecule is COc1ccccc1C1=CCN(C/C=C/c2ccc3c(c2)CCC(=O)N3)CC1.O=C(O)C(=O)O. The van der Waals surface area contributed by atoms with Crippen LogP contribution in [0.1, 0.15) is 29.5 Å². The van der Waals surface area contributed by atoms with Gasteiger partial charge in [-0.2, -0.15) is 0 Å². The van der Waals surface area contributed by atoms with Crippen molar-refractivity contribution in [1.82, 2.24) is 4.90 Å². The number of carboxylic acid groups (broad SMARTS) is 2. The Bertz CT molecular complexity index is 1110. The predicted octanol–water partition coefficient (Wildman–Crippen LogP) is 3.54. The van der Waals surface area contributed by atoms with Crippen LogP contribution in [0.5, 0.6) is 5.75 Å². The Kier molecular flexibility index (Phi) is 8.59. The Morgan fingerprint density at radius 2 is 1.85 bits per heavy atom. The van der Waals surface area contributed by atoms with E-state index in [1.54, 1.807) is 7.11 Å². The van der Waals surface area contributed by atoms with Crippen LogP contribution in [0.25, 0.3) is 11.6 Å². The summed E-state index contributed by atoms with van der Waals surface area (Å²) in [6.45, 7) is 2.93. The zero-order valence-electron chi connectivity index (χ0n) is 19.0. The molecular formula is C26H28N2O6. The maximum Gasteiger partial charge on any atom is 0.414 e. The van der Waals surface area contributed by atoms with Crippen LogP contribution in [0.4, 0.5) is 5.69 Å². The van der Waals surface area contributed by atoms with Crippen molar-refractivity contribution in [2.75, 3.05) is 32.1 Å². The third-order valence-corrected chi connectivity index (χ3v) is 5.63. The maximum absolute atomic E-state index is 11.5. The lowest BCUT2D eigenvalue weighted by molar-refractivity contribution is -0.159. The second-order valence-corrected chi connectivity index (χ2v) is 7.92. The van der Waals surface area contributed by atoms with Gasteiger partial charge < -0.3 is 20.3 Å². The number of nitrogens with zero attached hydrogens (tertiary/aromatic N) is 1. The summed E-state index contributed by atoms with van der Waals surface area (Å²) in [5.74, 6) is -2.59. The predicted molar refractivity (Wildman–Crippen MR) is 130 cm³/mol. The molecule has 0 bridgehead atoms. The monoisotopic (exact) mass is 464 g/mol. The third kappa shape index (κ3) is 6.79. The molecule has 34 heavy (non-hydrogen) atoms. The van der Waals surface area contributed by atoms with Crippen molar-refractivity contribution in [1.29, 1.82) is 0 Å². The highest BCUT2D eigenvalue weighted by atomic mass is 16.5. The van der Waals surface area contributed by atoms with E-state index in [4.69, 9.17) is 24.5 Å². The number of rotatable bonds is 5.